The van der Waals surface area contributed by atoms with Crippen LogP contribution >= 0.6 is 0 Å². The molecule has 0 heterocycles. The van der Waals surface area contributed by atoms with Crippen LogP contribution in [0, 0.1) is 0 Å². The summed E-state index contributed by atoms with van der Waals surface area (Å²) in [6.07, 6.45) is 0. The van der Waals surface area contributed by atoms with Crippen LogP contribution in [-0.2, 0) is 10.1 Å². The SMILES string of the molecule is COc1ccc(/N=N/c2ccc(S(=O)(=O)[O-])cc2)c2ccccc12.[Na+]. The molecule has 0 saturated carbocycles. The number of nitrogens with zero attached hydrogens (tertiary/aromatic N) is 2. The predicted octanol–water partition coefficient (Wildman–Crippen LogP) is 1.17. The smallest absolute Gasteiger partial charge is 0.744 e. The summed E-state index contributed by atoms with van der Waals surface area (Å²) in [4.78, 5) is -0.295. The fraction of sp³-hybridized carbons (Fsp3) is 0.0588. The molecule has 25 heavy (non-hydrogen) atoms. The third-order valence-electron chi connectivity index (χ3n) is 3.48. The Morgan fingerprint density at radius 1 is 0.880 bits per heavy atom. The van der Waals surface area contributed by atoms with Gasteiger partial charge in [-0.3, -0.25) is 0 Å². The Morgan fingerprint density at radius 2 is 1.52 bits per heavy atom. The van der Waals surface area contributed by atoms with Crippen LogP contribution in [0.15, 0.2) is 75.8 Å². The van der Waals surface area contributed by atoms with Crippen molar-refractivity contribution >= 4 is 32.3 Å². The van der Waals surface area contributed by atoms with Crippen LogP contribution in [0.3, 0.4) is 0 Å². The molecule has 0 aromatic heterocycles. The number of methoxy groups -OCH3 is 1. The van der Waals surface area contributed by atoms with Crippen molar-refractivity contribution in [3.8, 4) is 5.75 Å². The minimum atomic E-state index is -4.46. The van der Waals surface area contributed by atoms with E-state index in [1.54, 1.807) is 13.2 Å². The summed E-state index contributed by atoms with van der Waals surface area (Å²) >= 11 is 0. The van der Waals surface area contributed by atoms with E-state index in [0.29, 0.717) is 11.4 Å². The maximum absolute atomic E-state index is 10.9. The van der Waals surface area contributed by atoms with Crippen LogP contribution in [0.5, 0.6) is 5.75 Å². The van der Waals surface area contributed by atoms with E-state index in [2.05, 4.69) is 10.2 Å². The minimum absolute atomic E-state index is 0. The van der Waals surface area contributed by atoms with E-state index >= 15 is 0 Å². The normalized spacial score (nSPS) is 11.4. The zero-order valence-electron chi connectivity index (χ0n) is 13.7. The van der Waals surface area contributed by atoms with Gasteiger partial charge in [0.25, 0.3) is 0 Å². The largest absolute Gasteiger partial charge is 1.00 e. The molecule has 0 aliphatic rings. The molecule has 3 rings (SSSR count). The summed E-state index contributed by atoms with van der Waals surface area (Å²) in [5.41, 5.74) is 1.11. The zero-order valence-corrected chi connectivity index (χ0v) is 16.5. The molecule has 0 radical (unpaired) electrons. The van der Waals surface area contributed by atoms with Gasteiger partial charge in [-0.1, -0.05) is 24.3 Å². The van der Waals surface area contributed by atoms with E-state index in [1.165, 1.54) is 24.3 Å². The van der Waals surface area contributed by atoms with E-state index in [-0.39, 0.29) is 34.5 Å². The van der Waals surface area contributed by atoms with Crippen LogP contribution < -0.4 is 34.3 Å². The molecule has 6 nitrogen and oxygen atoms in total. The van der Waals surface area contributed by atoms with Gasteiger partial charge in [-0.05, 0) is 36.4 Å². The van der Waals surface area contributed by atoms with Crippen LogP contribution in [-0.4, -0.2) is 20.1 Å². The van der Waals surface area contributed by atoms with E-state index in [0.717, 1.165) is 16.5 Å². The Bertz CT molecular complexity index is 1020. The number of benzene rings is 3. The van der Waals surface area contributed by atoms with E-state index in [9.17, 15) is 13.0 Å². The first-order valence-corrected chi connectivity index (χ1v) is 8.43. The van der Waals surface area contributed by atoms with Gasteiger partial charge in [0.1, 0.15) is 15.9 Å². The van der Waals surface area contributed by atoms with Crippen molar-refractivity contribution in [2.24, 2.45) is 10.2 Å². The van der Waals surface area contributed by atoms with Gasteiger partial charge in [-0.25, -0.2) is 8.42 Å². The van der Waals surface area contributed by atoms with Crippen molar-refractivity contribution in [3.63, 3.8) is 0 Å². The third-order valence-corrected chi connectivity index (χ3v) is 4.33. The predicted molar refractivity (Wildman–Crippen MR) is 89.1 cm³/mol. The molecule has 0 atom stereocenters. The maximum atomic E-state index is 10.9. The topological polar surface area (TPSA) is 91.2 Å². The fourth-order valence-electron chi connectivity index (χ4n) is 2.31. The Morgan fingerprint density at radius 3 is 2.12 bits per heavy atom. The number of azo groups is 1. The quantitative estimate of drug-likeness (QED) is 0.395. The van der Waals surface area contributed by atoms with Crippen molar-refractivity contribution in [1.82, 2.24) is 0 Å². The van der Waals surface area contributed by atoms with Gasteiger partial charge in [0.2, 0.25) is 0 Å². The van der Waals surface area contributed by atoms with Crippen LogP contribution in [0.25, 0.3) is 10.8 Å². The van der Waals surface area contributed by atoms with Gasteiger partial charge >= 0.3 is 29.6 Å². The molecule has 0 aliphatic carbocycles. The molecule has 122 valence electrons. The molecule has 0 N–H and O–H groups in total. The monoisotopic (exact) mass is 364 g/mol. The first-order chi connectivity index (χ1) is 11.5. The Labute approximate surface area is 167 Å². The number of ether oxygens (including phenoxy) is 1. The van der Waals surface area contributed by atoms with Crippen LogP contribution in [0.1, 0.15) is 0 Å². The molecule has 0 saturated heterocycles. The average Bonchev–Trinajstić information content (AvgIpc) is 2.59. The summed E-state index contributed by atoms with van der Waals surface area (Å²) in [6.45, 7) is 0. The number of rotatable bonds is 4. The first kappa shape index (κ1) is 19.6. The molecule has 0 spiro atoms. The number of hydrogen-bond acceptors (Lipinski definition) is 6. The third kappa shape index (κ3) is 4.45. The second kappa shape index (κ2) is 8.07. The van der Waals surface area contributed by atoms with Gasteiger partial charge in [0, 0.05) is 10.8 Å². The molecule has 0 unspecified atom stereocenters. The first-order valence-electron chi connectivity index (χ1n) is 7.02. The van der Waals surface area contributed by atoms with Gasteiger partial charge < -0.3 is 9.29 Å². The van der Waals surface area contributed by atoms with Crippen LogP contribution in [0.2, 0.25) is 0 Å². The van der Waals surface area contributed by atoms with Crippen molar-refractivity contribution in [2.75, 3.05) is 7.11 Å². The molecular weight excluding hydrogens is 351 g/mol. The van der Waals surface area contributed by atoms with E-state index in [4.69, 9.17) is 4.74 Å². The second-order valence-corrected chi connectivity index (χ2v) is 6.36. The summed E-state index contributed by atoms with van der Waals surface area (Å²) < 4.78 is 38.1. The minimum Gasteiger partial charge on any atom is -0.744 e. The van der Waals surface area contributed by atoms with E-state index in [1.807, 2.05) is 30.3 Å². The summed E-state index contributed by atoms with van der Waals surface area (Å²) in [7, 11) is -2.85. The van der Waals surface area contributed by atoms with Gasteiger partial charge in [-0.2, -0.15) is 5.11 Å². The second-order valence-electron chi connectivity index (χ2n) is 4.98. The molecule has 0 fully saturated rings. The van der Waals surface area contributed by atoms with E-state index < -0.39 is 10.1 Å². The molecular formula is C17H13N2NaO4S. The van der Waals surface area contributed by atoms with Crippen LogP contribution in [0.4, 0.5) is 11.4 Å². The average molecular weight is 364 g/mol. The standard InChI is InChI=1S/C17H14N2O4S.Na/c1-23-17-11-10-16(14-4-2-3-5-15(14)17)19-18-12-6-8-13(9-7-12)24(20,21)22;/h2-11H,1H3,(H,20,21,22);/q;+1/p-1/b19-18+;. The zero-order chi connectivity index (χ0) is 17.2. The molecule has 3 aromatic rings. The Hall–Kier alpha value is -1.77. The number of hydrogen-bond donors (Lipinski definition) is 0. The molecule has 3 aromatic carbocycles. The summed E-state index contributed by atoms with van der Waals surface area (Å²) in [5.74, 6) is 0.745. The molecule has 0 amide bonds. The van der Waals surface area contributed by atoms with Gasteiger partial charge in [-0.15, -0.1) is 5.11 Å². The van der Waals surface area contributed by atoms with Gasteiger partial charge in [0.15, 0.2) is 0 Å². The Balaban J connectivity index is 0.00000225. The van der Waals surface area contributed by atoms with Gasteiger partial charge in [0.05, 0.1) is 23.4 Å². The molecule has 0 aliphatic heterocycles. The molecule has 8 heteroatoms. The maximum Gasteiger partial charge on any atom is 1.00 e. The van der Waals surface area contributed by atoms with Crippen molar-refractivity contribution < 1.29 is 47.3 Å². The van der Waals surface area contributed by atoms with Crippen molar-refractivity contribution in [3.05, 3.63) is 60.7 Å². The Kier molecular flexibility index (Phi) is 6.31. The fourth-order valence-corrected chi connectivity index (χ4v) is 2.78. The summed E-state index contributed by atoms with van der Waals surface area (Å²) in [5, 5.41) is 10.1. The molecule has 0 bridgehead atoms. The number of fused-ring (bicyclic) bond motifs is 1. The summed E-state index contributed by atoms with van der Waals surface area (Å²) in [6, 6.07) is 16.5. The van der Waals surface area contributed by atoms with Crippen molar-refractivity contribution in [1.29, 1.82) is 0 Å². The van der Waals surface area contributed by atoms with Crippen molar-refractivity contribution in [2.45, 2.75) is 4.90 Å².